The zero-order valence-corrected chi connectivity index (χ0v) is 15.2. The molecule has 3 heterocycles. The molecular weight excluding hydrogens is 372 g/mol. The van der Waals surface area contributed by atoms with Crippen molar-refractivity contribution < 1.29 is 30.0 Å². The molecule has 0 radical (unpaired) electrons. The van der Waals surface area contributed by atoms with Crippen molar-refractivity contribution in [2.45, 2.75) is 43.8 Å². The molecule has 1 saturated heterocycles. The minimum Gasteiger partial charge on any atom is -0.367 e. The molecule has 3 amide bonds. The lowest BCUT2D eigenvalue weighted by Crippen LogP contribution is -2.76. The van der Waals surface area contributed by atoms with Gasteiger partial charge in [0.2, 0.25) is 5.91 Å². The van der Waals surface area contributed by atoms with Crippen molar-refractivity contribution >= 4 is 11.9 Å². The largest absolute Gasteiger partial charge is 0.367 e. The minimum absolute atomic E-state index is 0.0960. The van der Waals surface area contributed by atoms with E-state index in [1.54, 1.807) is 25.3 Å². The Kier molecular flexibility index (Phi) is 4.72. The molecule has 3 atom stereocenters. The summed E-state index contributed by atoms with van der Waals surface area (Å²) in [6.07, 6.45) is 1.61. The second kappa shape index (κ2) is 6.64. The van der Waals surface area contributed by atoms with Crippen molar-refractivity contribution in [3.63, 3.8) is 0 Å². The molecule has 152 valence electrons. The summed E-state index contributed by atoms with van der Waals surface area (Å²) in [4.78, 5) is 25.7. The van der Waals surface area contributed by atoms with E-state index in [1.165, 1.54) is 11.9 Å². The first-order chi connectivity index (χ1) is 13.0. The number of amides is 3. The van der Waals surface area contributed by atoms with E-state index in [-0.39, 0.29) is 10.7 Å². The average molecular weight is 394 g/mol. The number of fused-ring (bicyclic) bond motifs is 1. The molecule has 0 aromatic heterocycles. The Bertz CT molecular complexity index is 800. The summed E-state index contributed by atoms with van der Waals surface area (Å²) in [5, 5.41) is 59.0. The number of likely N-dealkylation sites (N-methyl/N-ethyl adjacent to an activating group) is 1. The molecular formula is C16H22N6O6. The van der Waals surface area contributed by atoms with Crippen LogP contribution in [0.2, 0.25) is 0 Å². The van der Waals surface area contributed by atoms with Crippen molar-refractivity contribution in [3.8, 4) is 6.07 Å². The molecule has 3 aliphatic rings. The zero-order valence-electron chi connectivity index (χ0n) is 15.2. The molecule has 0 aromatic rings. The summed E-state index contributed by atoms with van der Waals surface area (Å²) >= 11 is 0. The van der Waals surface area contributed by atoms with Crippen LogP contribution in [0.25, 0.3) is 0 Å². The van der Waals surface area contributed by atoms with Gasteiger partial charge in [0.25, 0.3) is 11.8 Å². The van der Waals surface area contributed by atoms with Gasteiger partial charge >= 0.3 is 6.03 Å². The number of rotatable bonds is 3. The van der Waals surface area contributed by atoms with Crippen LogP contribution in [0.1, 0.15) is 19.8 Å². The summed E-state index contributed by atoms with van der Waals surface area (Å²) in [6.45, 7) is 1.55. The smallest absolute Gasteiger partial charge is 0.322 e. The molecule has 12 heteroatoms. The fourth-order valence-electron chi connectivity index (χ4n) is 4.12. The maximum absolute atomic E-state index is 12.2. The maximum Gasteiger partial charge on any atom is 0.322 e. The molecule has 3 rings (SSSR count). The van der Waals surface area contributed by atoms with Crippen LogP contribution in [0.3, 0.4) is 0 Å². The maximum atomic E-state index is 12.2. The van der Waals surface area contributed by atoms with Gasteiger partial charge in [-0.3, -0.25) is 10.1 Å². The number of aliphatic hydroxyl groups is 4. The summed E-state index contributed by atoms with van der Waals surface area (Å²) < 4.78 is 0. The van der Waals surface area contributed by atoms with Crippen LogP contribution in [-0.2, 0) is 4.79 Å². The first-order valence-corrected chi connectivity index (χ1v) is 8.57. The summed E-state index contributed by atoms with van der Waals surface area (Å²) in [7, 11) is 1.48. The van der Waals surface area contributed by atoms with E-state index >= 15 is 0 Å². The third kappa shape index (κ3) is 3.04. The van der Waals surface area contributed by atoms with Crippen LogP contribution in [0.15, 0.2) is 23.7 Å². The summed E-state index contributed by atoms with van der Waals surface area (Å²) in [6, 6.07) is -0.219. The molecule has 0 spiro atoms. The minimum atomic E-state index is -3.04. The Hall–Kier alpha value is -2.85. The first-order valence-electron chi connectivity index (χ1n) is 8.57. The second-order valence-corrected chi connectivity index (χ2v) is 7.10. The average Bonchev–Trinajstić information content (AvgIpc) is 2.99. The van der Waals surface area contributed by atoms with Crippen LogP contribution in [-0.4, -0.2) is 73.2 Å². The lowest BCUT2D eigenvalue weighted by atomic mass is 9.85. The van der Waals surface area contributed by atoms with Crippen LogP contribution in [0, 0.1) is 17.2 Å². The molecule has 3 aliphatic heterocycles. The van der Waals surface area contributed by atoms with Crippen molar-refractivity contribution in [2.24, 2.45) is 5.92 Å². The van der Waals surface area contributed by atoms with E-state index in [0.717, 1.165) is 0 Å². The first kappa shape index (κ1) is 19.9. The van der Waals surface area contributed by atoms with Gasteiger partial charge in [-0.05, 0) is 18.2 Å². The van der Waals surface area contributed by atoms with Gasteiger partial charge in [0.1, 0.15) is 24.4 Å². The summed E-state index contributed by atoms with van der Waals surface area (Å²) in [5.74, 6) is -7.54. The standard InChI is InChI=1S/C16H22N6O6/c1-8-7-15(25,26)22(10(23)3-5-17)16(27,28)11(8)21(2)13-9-4-6-18-12(9)19-14(24)20-13/h4,6,8,11-12,18,25-28H,3,7H2,1-2H3,(H2,19,20,24). The molecule has 0 aromatic carbocycles. The van der Waals surface area contributed by atoms with E-state index in [4.69, 9.17) is 5.26 Å². The normalized spacial score (nSPS) is 30.0. The molecule has 3 unspecified atom stereocenters. The van der Waals surface area contributed by atoms with Gasteiger partial charge in [-0.2, -0.15) is 5.26 Å². The number of nitriles is 1. The van der Waals surface area contributed by atoms with Crippen molar-refractivity contribution in [2.75, 3.05) is 7.05 Å². The lowest BCUT2D eigenvalue weighted by Gasteiger charge is -2.55. The quantitative estimate of drug-likeness (QED) is 0.251. The molecule has 0 bridgehead atoms. The topological polar surface area (TPSA) is 181 Å². The number of urea groups is 1. The van der Waals surface area contributed by atoms with Crippen LogP contribution in [0.5, 0.6) is 0 Å². The van der Waals surface area contributed by atoms with Gasteiger partial charge < -0.3 is 36.0 Å². The number of hydrogen-bond acceptors (Lipinski definition) is 9. The highest BCUT2D eigenvalue weighted by Gasteiger charge is 2.61. The number of hydrogen-bond donors (Lipinski definition) is 7. The predicted octanol–water partition coefficient (Wildman–Crippen LogP) is -2.69. The Morgan fingerprint density at radius 1 is 1.43 bits per heavy atom. The van der Waals surface area contributed by atoms with Gasteiger partial charge in [0, 0.05) is 19.0 Å². The number of nitrogens with one attached hydrogen (secondary N) is 3. The zero-order chi connectivity index (χ0) is 20.9. The molecule has 7 N–H and O–H groups in total. The number of likely N-dealkylation sites (tertiary alicyclic amines) is 1. The van der Waals surface area contributed by atoms with Gasteiger partial charge in [-0.15, -0.1) is 0 Å². The van der Waals surface area contributed by atoms with Crippen LogP contribution >= 0.6 is 0 Å². The third-order valence-electron chi connectivity index (χ3n) is 5.09. The molecule has 0 aliphatic carbocycles. The van der Waals surface area contributed by atoms with Crippen LogP contribution in [0.4, 0.5) is 4.79 Å². The molecule has 28 heavy (non-hydrogen) atoms. The molecule has 0 saturated carbocycles. The van der Waals surface area contributed by atoms with Crippen molar-refractivity contribution in [1.29, 1.82) is 5.26 Å². The van der Waals surface area contributed by atoms with E-state index in [9.17, 15) is 30.0 Å². The highest BCUT2D eigenvalue weighted by molar-refractivity contribution is 5.80. The highest BCUT2D eigenvalue weighted by atomic mass is 16.6. The van der Waals surface area contributed by atoms with Crippen molar-refractivity contribution in [3.05, 3.63) is 23.7 Å². The Morgan fingerprint density at radius 3 is 2.75 bits per heavy atom. The van der Waals surface area contributed by atoms with Gasteiger partial charge in [0.05, 0.1) is 6.07 Å². The number of carbonyl (C=O) groups excluding carboxylic acids is 2. The summed E-state index contributed by atoms with van der Waals surface area (Å²) in [5.41, 5.74) is 0.616. The van der Waals surface area contributed by atoms with Gasteiger partial charge in [0.15, 0.2) is 0 Å². The predicted molar refractivity (Wildman–Crippen MR) is 91.5 cm³/mol. The Labute approximate surface area is 160 Å². The second-order valence-electron chi connectivity index (χ2n) is 7.10. The monoisotopic (exact) mass is 394 g/mol. The van der Waals surface area contributed by atoms with Crippen molar-refractivity contribution in [1.82, 2.24) is 25.8 Å². The Morgan fingerprint density at radius 2 is 2.11 bits per heavy atom. The van der Waals surface area contributed by atoms with Gasteiger partial charge in [-0.25, -0.2) is 9.69 Å². The van der Waals surface area contributed by atoms with Gasteiger partial charge in [-0.1, -0.05) is 6.92 Å². The number of nitrogens with zero attached hydrogens (tertiary/aromatic N) is 3. The number of piperidine rings is 1. The van der Waals surface area contributed by atoms with E-state index < -0.39 is 54.7 Å². The Balaban J connectivity index is 2.02. The number of carbonyl (C=O) groups is 2. The third-order valence-corrected chi connectivity index (χ3v) is 5.09. The lowest BCUT2D eigenvalue weighted by molar-refractivity contribution is -0.411. The van der Waals surface area contributed by atoms with E-state index in [1.807, 2.05) is 0 Å². The van der Waals surface area contributed by atoms with E-state index in [0.29, 0.717) is 5.57 Å². The highest BCUT2D eigenvalue weighted by Crippen LogP contribution is 2.41. The fourth-order valence-corrected chi connectivity index (χ4v) is 4.12. The SMILES string of the molecule is CC1CC(O)(O)N(C(=O)CC#N)C(O)(O)C1N(C)C1=C2C=CNC2NC(=O)N1. The van der Waals surface area contributed by atoms with Crippen LogP contribution < -0.4 is 16.0 Å². The molecule has 12 nitrogen and oxygen atoms in total. The fraction of sp³-hybridized carbons (Fsp3) is 0.562. The molecule has 1 fully saturated rings. The van der Waals surface area contributed by atoms with E-state index in [2.05, 4.69) is 16.0 Å².